The van der Waals surface area contributed by atoms with Crippen molar-refractivity contribution in [3.8, 4) is 44.5 Å². The third kappa shape index (κ3) is 8.52. The van der Waals surface area contributed by atoms with Crippen molar-refractivity contribution in [2.45, 2.75) is 116 Å². The van der Waals surface area contributed by atoms with Crippen molar-refractivity contribution < 1.29 is 0 Å². The fourth-order valence-corrected chi connectivity index (χ4v) is 15.4. The summed E-state index contributed by atoms with van der Waals surface area (Å²) in [5.41, 5.74) is 13.9. The predicted molar refractivity (Wildman–Crippen MR) is 228 cm³/mol. The SMILES string of the molecule is CC(C)(C)P(Cc1c(CP(C(C)(C)C)C(C)(C)C)c(-c2ccccc2)c(-c2ccccc2)c(-c2ccccc2)c1-c1ccccc1)C(C)(C)C. The van der Waals surface area contributed by atoms with E-state index in [0.29, 0.717) is 0 Å². The van der Waals surface area contributed by atoms with Gasteiger partial charge < -0.3 is 0 Å². The van der Waals surface area contributed by atoms with Crippen LogP contribution >= 0.6 is 15.8 Å². The molecule has 0 unspecified atom stereocenters. The van der Waals surface area contributed by atoms with Gasteiger partial charge in [0.25, 0.3) is 0 Å². The first-order chi connectivity index (χ1) is 23.4. The van der Waals surface area contributed by atoms with Gasteiger partial charge in [-0.1, -0.05) is 220 Å². The molecule has 5 aromatic rings. The molecule has 0 N–H and O–H groups in total. The highest BCUT2D eigenvalue weighted by Crippen LogP contribution is 2.66. The maximum absolute atomic E-state index is 2.48. The summed E-state index contributed by atoms with van der Waals surface area (Å²) in [5.74, 6) is 0. The highest BCUT2D eigenvalue weighted by molar-refractivity contribution is 7.60. The molecule has 0 saturated heterocycles. The van der Waals surface area contributed by atoms with Gasteiger partial charge in [0.1, 0.15) is 0 Å². The van der Waals surface area contributed by atoms with E-state index in [1.807, 2.05) is 0 Å². The van der Waals surface area contributed by atoms with Gasteiger partial charge in [-0.2, -0.15) is 0 Å². The summed E-state index contributed by atoms with van der Waals surface area (Å²) in [6.45, 7) is 29.8. The van der Waals surface area contributed by atoms with Crippen LogP contribution in [0.4, 0.5) is 0 Å². The molecule has 0 radical (unpaired) electrons. The van der Waals surface area contributed by atoms with E-state index in [1.165, 1.54) is 44.5 Å². The monoisotopic (exact) mass is 698 g/mol. The third-order valence-corrected chi connectivity index (χ3v) is 17.6. The molecule has 0 saturated carbocycles. The first kappa shape index (κ1) is 38.2. The summed E-state index contributed by atoms with van der Waals surface area (Å²) in [4.78, 5) is 0. The van der Waals surface area contributed by atoms with Crippen molar-refractivity contribution in [2.24, 2.45) is 0 Å². The second kappa shape index (κ2) is 14.9. The van der Waals surface area contributed by atoms with Gasteiger partial charge >= 0.3 is 0 Å². The van der Waals surface area contributed by atoms with Crippen LogP contribution in [0.15, 0.2) is 121 Å². The summed E-state index contributed by atoms with van der Waals surface area (Å²) in [6, 6.07) is 45.2. The fraction of sp³-hybridized carbons (Fsp3) is 0.375. The minimum Gasteiger partial charge on any atom is -0.0911 e. The topological polar surface area (TPSA) is 0 Å². The van der Waals surface area contributed by atoms with Crippen LogP contribution in [0.2, 0.25) is 0 Å². The largest absolute Gasteiger partial charge is 0.0911 e. The van der Waals surface area contributed by atoms with Crippen molar-refractivity contribution >= 4 is 15.8 Å². The summed E-state index contributed by atoms with van der Waals surface area (Å²) >= 11 is 0. The molecule has 0 heterocycles. The molecule has 0 bridgehead atoms. The molecule has 262 valence electrons. The van der Waals surface area contributed by atoms with Crippen molar-refractivity contribution in [3.63, 3.8) is 0 Å². The molecule has 2 heteroatoms. The Balaban J connectivity index is 2.12. The molecule has 50 heavy (non-hydrogen) atoms. The zero-order valence-electron chi connectivity index (χ0n) is 32.9. The quantitative estimate of drug-likeness (QED) is 0.142. The average Bonchev–Trinajstić information content (AvgIpc) is 3.05. The van der Waals surface area contributed by atoms with E-state index in [0.717, 1.165) is 12.3 Å². The maximum atomic E-state index is 2.48. The Bertz CT molecular complexity index is 1680. The van der Waals surface area contributed by atoms with Gasteiger partial charge in [-0.05, 0) is 88.6 Å². The number of hydrogen-bond acceptors (Lipinski definition) is 0. The molecule has 0 aliphatic carbocycles. The lowest BCUT2D eigenvalue weighted by atomic mass is 9.78. The zero-order valence-corrected chi connectivity index (χ0v) is 34.6. The van der Waals surface area contributed by atoms with Gasteiger partial charge in [-0.3, -0.25) is 0 Å². The lowest BCUT2D eigenvalue weighted by Crippen LogP contribution is -2.28. The van der Waals surface area contributed by atoms with Gasteiger partial charge in [-0.15, -0.1) is 0 Å². The molecule has 0 aliphatic heterocycles. The van der Waals surface area contributed by atoms with Gasteiger partial charge in [0.05, 0.1) is 0 Å². The van der Waals surface area contributed by atoms with Crippen molar-refractivity contribution in [3.05, 3.63) is 132 Å². The Kier molecular flexibility index (Phi) is 11.4. The van der Waals surface area contributed by atoms with Crippen LogP contribution in [-0.2, 0) is 12.3 Å². The Morgan fingerprint density at radius 1 is 0.300 bits per heavy atom. The Hall–Kier alpha value is -3.04. The minimum atomic E-state index is -0.442. The van der Waals surface area contributed by atoms with E-state index < -0.39 is 15.8 Å². The predicted octanol–water partition coefficient (Wildman–Crippen LogP) is 15.5. The fourth-order valence-electron chi connectivity index (χ4n) is 8.11. The maximum Gasteiger partial charge on any atom is -0.00175 e. The Labute approximate surface area is 307 Å². The van der Waals surface area contributed by atoms with Gasteiger partial charge in [0, 0.05) is 0 Å². The van der Waals surface area contributed by atoms with Crippen LogP contribution in [0.1, 0.15) is 94.2 Å². The van der Waals surface area contributed by atoms with E-state index in [-0.39, 0.29) is 20.6 Å². The van der Waals surface area contributed by atoms with Crippen LogP contribution < -0.4 is 0 Å². The molecular weight excluding hydrogens is 638 g/mol. The number of benzene rings is 5. The van der Waals surface area contributed by atoms with Gasteiger partial charge in [0.2, 0.25) is 0 Å². The molecule has 0 amide bonds. The molecule has 0 spiro atoms. The van der Waals surface area contributed by atoms with Crippen molar-refractivity contribution in [2.75, 3.05) is 0 Å². The van der Waals surface area contributed by atoms with Gasteiger partial charge in [-0.25, -0.2) is 0 Å². The second-order valence-corrected chi connectivity index (χ2v) is 25.5. The highest BCUT2D eigenvalue weighted by Gasteiger charge is 2.40. The Morgan fingerprint density at radius 3 is 0.700 bits per heavy atom. The smallest absolute Gasteiger partial charge is 0.00175 e. The summed E-state index contributed by atoms with van der Waals surface area (Å²) < 4.78 is 0. The molecule has 0 aromatic heterocycles. The van der Waals surface area contributed by atoms with E-state index in [9.17, 15) is 0 Å². The zero-order chi connectivity index (χ0) is 36.5. The lowest BCUT2D eigenvalue weighted by molar-refractivity contribution is 0.699. The molecule has 0 atom stereocenters. The molecule has 0 fully saturated rings. The van der Waals surface area contributed by atoms with E-state index >= 15 is 0 Å². The molecule has 5 aromatic carbocycles. The molecular formula is C48H60P2. The van der Waals surface area contributed by atoms with Crippen LogP contribution in [-0.4, -0.2) is 20.6 Å². The number of rotatable bonds is 8. The number of hydrogen-bond donors (Lipinski definition) is 0. The van der Waals surface area contributed by atoms with E-state index in [4.69, 9.17) is 0 Å². The highest BCUT2D eigenvalue weighted by atomic mass is 31.1. The Morgan fingerprint density at radius 2 is 0.500 bits per heavy atom. The summed E-state index contributed by atoms with van der Waals surface area (Å²) in [6.07, 6.45) is 2.15. The van der Waals surface area contributed by atoms with E-state index in [2.05, 4.69) is 204 Å². The average molecular weight is 699 g/mol. The minimum absolute atomic E-state index is 0.176. The standard InChI is InChI=1S/C48H60P2/c1-45(2,3)49(46(4,5)6)33-39-40(34-50(47(7,8)9)48(10,11)12)42(36-27-19-14-20-28-36)44(38-31-23-16-24-32-38)43(37-29-21-15-22-30-37)41(39)35-25-17-13-18-26-35/h13-32H,33-34H2,1-12H3. The first-order valence-corrected chi connectivity index (χ1v) is 21.4. The van der Waals surface area contributed by atoms with Crippen molar-refractivity contribution in [1.82, 2.24) is 0 Å². The molecule has 5 rings (SSSR count). The lowest BCUT2D eigenvalue weighted by Gasteiger charge is -2.45. The summed E-state index contributed by atoms with van der Waals surface area (Å²) in [7, 11) is -0.885. The van der Waals surface area contributed by atoms with E-state index in [1.54, 1.807) is 11.1 Å². The summed E-state index contributed by atoms with van der Waals surface area (Å²) in [5, 5.41) is 0.704. The van der Waals surface area contributed by atoms with Crippen LogP contribution in [0.3, 0.4) is 0 Å². The van der Waals surface area contributed by atoms with Crippen LogP contribution in [0, 0.1) is 0 Å². The van der Waals surface area contributed by atoms with Crippen molar-refractivity contribution in [1.29, 1.82) is 0 Å². The third-order valence-electron chi connectivity index (χ3n) is 9.84. The second-order valence-electron chi connectivity index (χ2n) is 17.8. The molecule has 0 aliphatic rings. The molecule has 0 nitrogen and oxygen atoms in total. The first-order valence-electron chi connectivity index (χ1n) is 18.4. The van der Waals surface area contributed by atoms with Gasteiger partial charge in [0.15, 0.2) is 0 Å². The normalized spacial score (nSPS) is 12.9. The van der Waals surface area contributed by atoms with Crippen LogP contribution in [0.25, 0.3) is 44.5 Å². The van der Waals surface area contributed by atoms with Crippen LogP contribution in [0.5, 0.6) is 0 Å².